The molecule has 100 valence electrons. The third kappa shape index (κ3) is 2.65. The molecule has 0 bridgehead atoms. The maximum absolute atomic E-state index is 5.69. The molecule has 0 aliphatic carbocycles. The third-order valence-electron chi connectivity index (χ3n) is 2.45. The number of fused-ring (bicyclic) bond motifs is 1. The predicted molar refractivity (Wildman–Crippen MR) is 81.6 cm³/mol. The minimum atomic E-state index is 0.614. The van der Waals surface area contributed by atoms with E-state index in [1.165, 1.54) is 0 Å². The normalized spacial score (nSPS) is 11.5. The lowest BCUT2D eigenvalue weighted by Gasteiger charge is -1.99. The van der Waals surface area contributed by atoms with Gasteiger partial charge in [-0.15, -0.1) is 21.5 Å². The molecule has 3 rings (SSSR count). The summed E-state index contributed by atoms with van der Waals surface area (Å²) in [6.45, 7) is 0.614. The Hall–Kier alpha value is -0.610. The summed E-state index contributed by atoms with van der Waals surface area (Å²) in [5.74, 6) is 0. The van der Waals surface area contributed by atoms with Crippen molar-refractivity contribution in [2.24, 2.45) is 5.73 Å². The van der Waals surface area contributed by atoms with E-state index >= 15 is 0 Å². The van der Waals surface area contributed by atoms with Crippen LogP contribution in [0.1, 0.15) is 5.69 Å². The molecule has 0 radical (unpaired) electrons. The molecule has 5 nitrogen and oxygen atoms in total. The fraction of sp³-hybridized carbons (Fsp3) is 0.300. The molecule has 19 heavy (non-hydrogen) atoms. The summed E-state index contributed by atoms with van der Waals surface area (Å²) in [4.78, 5) is 5.64. The monoisotopic (exact) mass is 329 g/mol. The molecule has 0 spiro atoms. The standard InChI is InChI=1S/C10H11N5S4/c1-16-9-13-14-10(19-9)18-7-6(2-3-11)15-4-5-17-8(15)12-7/h4-5H,2-3,11H2,1H3. The van der Waals surface area contributed by atoms with Crippen LogP contribution in [0.2, 0.25) is 0 Å². The zero-order chi connectivity index (χ0) is 13.2. The van der Waals surface area contributed by atoms with Crippen molar-refractivity contribution in [3.05, 3.63) is 17.3 Å². The highest BCUT2D eigenvalue weighted by Gasteiger charge is 2.15. The second-order valence-corrected chi connectivity index (χ2v) is 7.74. The summed E-state index contributed by atoms with van der Waals surface area (Å²) in [7, 11) is 0. The summed E-state index contributed by atoms with van der Waals surface area (Å²) in [5.41, 5.74) is 6.85. The largest absolute Gasteiger partial charge is 0.330 e. The number of thioether (sulfide) groups is 1. The molecule has 3 aromatic heterocycles. The quantitative estimate of drug-likeness (QED) is 0.726. The number of aromatic nitrogens is 4. The van der Waals surface area contributed by atoms with Crippen molar-refractivity contribution in [1.29, 1.82) is 0 Å². The summed E-state index contributed by atoms with van der Waals surface area (Å²) in [6.07, 6.45) is 4.85. The molecule has 0 aliphatic heterocycles. The first-order valence-corrected chi connectivity index (χ1v) is 9.25. The van der Waals surface area contributed by atoms with Crippen LogP contribution in [0.5, 0.6) is 0 Å². The van der Waals surface area contributed by atoms with Crippen LogP contribution in [-0.2, 0) is 6.42 Å². The second-order valence-electron chi connectivity index (χ2n) is 3.60. The van der Waals surface area contributed by atoms with Gasteiger partial charge in [-0.05, 0) is 24.6 Å². The molecule has 0 aromatic carbocycles. The Morgan fingerprint density at radius 1 is 1.37 bits per heavy atom. The average Bonchev–Trinajstić information content (AvgIpc) is 3.09. The van der Waals surface area contributed by atoms with Gasteiger partial charge in [-0.3, -0.25) is 4.40 Å². The van der Waals surface area contributed by atoms with E-state index in [9.17, 15) is 0 Å². The van der Waals surface area contributed by atoms with Gasteiger partial charge in [-0.1, -0.05) is 23.1 Å². The number of hydrogen-bond donors (Lipinski definition) is 1. The highest BCUT2D eigenvalue weighted by molar-refractivity contribution is 8.03. The van der Waals surface area contributed by atoms with E-state index in [1.54, 1.807) is 46.2 Å². The Balaban J connectivity index is 1.94. The molecule has 9 heteroatoms. The SMILES string of the molecule is CSc1nnc(Sc2nc3sccn3c2CCN)s1. The Morgan fingerprint density at radius 3 is 2.95 bits per heavy atom. The highest BCUT2D eigenvalue weighted by Crippen LogP contribution is 2.35. The van der Waals surface area contributed by atoms with Gasteiger partial charge in [0.15, 0.2) is 13.6 Å². The molecule has 0 aliphatic rings. The molecule has 3 heterocycles. The van der Waals surface area contributed by atoms with Gasteiger partial charge in [0, 0.05) is 18.0 Å². The Kier molecular flexibility index (Phi) is 4.08. The van der Waals surface area contributed by atoms with Gasteiger partial charge in [0.1, 0.15) is 5.03 Å². The van der Waals surface area contributed by atoms with Gasteiger partial charge in [-0.2, -0.15) is 0 Å². The number of nitrogens with zero attached hydrogens (tertiary/aromatic N) is 4. The minimum Gasteiger partial charge on any atom is -0.330 e. The predicted octanol–water partition coefficient (Wildman–Crippen LogP) is 2.62. The Bertz CT molecular complexity index is 685. The number of rotatable bonds is 5. The van der Waals surface area contributed by atoms with Crippen molar-refractivity contribution in [1.82, 2.24) is 19.6 Å². The van der Waals surface area contributed by atoms with Crippen molar-refractivity contribution in [2.45, 2.75) is 20.1 Å². The van der Waals surface area contributed by atoms with Gasteiger partial charge in [-0.25, -0.2) is 4.98 Å². The van der Waals surface area contributed by atoms with Crippen LogP contribution in [0.3, 0.4) is 0 Å². The first kappa shape index (κ1) is 13.4. The lowest BCUT2D eigenvalue weighted by atomic mass is 10.3. The Morgan fingerprint density at radius 2 is 2.21 bits per heavy atom. The fourth-order valence-electron chi connectivity index (χ4n) is 1.66. The highest BCUT2D eigenvalue weighted by atomic mass is 32.2. The fourth-order valence-corrected chi connectivity index (χ4v) is 4.95. The van der Waals surface area contributed by atoms with Gasteiger partial charge < -0.3 is 5.73 Å². The number of nitrogens with two attached hydrogens (primary N) is 1. The van der Waals surface area contributed by atoms with E-state index in [1.807, 2.05) is 17.8 Å². The van der Waals surface area contributed by atoms with Gasteiger partial charge in [0.25, 0.3) is 0 Å². The van der Waals surface area contributed by atoms with E-state index < -0.39 is 0 Å². The third-order valence-corrected chi connectivity index (χ3v) is 6.18. The van der Waals surface area contributed by atoms with Crippen LogP contribution in [-0.4, -0.2) is 32.4 Å². The smallest absolute Gasteiger partial charge is 0.194 e. The van der Waals surface area contributed by atoms with E-state index in [0.29, 0.717) is 6.54 Å². The second kappa shape index (κ2) is 5.80. The molecule has 2 N–H and O–H groups in total. The maximum atomic E-state index is 5.69. The van der Waals surface area contributed by atoms with Crippen molar-refractivity contribution >= 4 is 51.2 Å². The molecule has 0 fully saturated rings. The van der Waals surface area contributed by atoms with Gasteiger partial charge in [0.2, 0.25) is 0 Å². The van der Waals surface area contributed by atoms with Crippen molar-refractivity contribution < 1.29 is 0 Å². The number of thiazole rings is 1. The average molecular weight is 330 g/mol. The lowest BCUT2D eigenvalue weighted by molar-refractivity contribution is 0.877. The summed E-state index contributed by atoms with van der Waals surface area (Å²) < 4.78 is 4.01. The lowest BCUT2D eigenvalue weighted by Crippen LogP contribution is -2.05. The van der Waals surface area contributed by atoms with Crippen LogP contribution < -0.4 is 5.73 Å². The van der Waals surface area contributed by atoms with Crippen LogP contribution in [0.4, 0.5) is 0 Å². The molecular formula is C10H11N5S4. The van der Waals surface area contributed by atoms with Crippen LogP contribution in [0.15, 0.2) is 25.3 Å². The van der Waals surface area contributed by atoms with Crippen LogP contribution in [0, 0.1) is 0 Å². The van der Waals surface area contributed by atoms with E-state index in [2.05, 4.69) is 19.6 Å². The molecular weight excluding hydrogens is 318 g/mol. The molecule has 0 saturated carbocycles. The summed E-state index contributed by atoms with van der Waals surface area (Å²) >= 11 is 6.40. The first-order chi connectivity index (χ1) is 9.31. The zero-order valence-corrected chi connectivity index (χ0v) is 13.3. The zero-order valence-electron chi connectivity index (χ0n) is 10.1. The van der Waals surface area contributed by atoms with E-state index in [0.717, 1.165) is 30.8 Å². The first-order valence-electron chi connectivity index (χ1n) is 5.51. The van der Waals surface area contributed by atoms with Crippen molar-refractivity contribution in [2.75, 3.05) is 12.8 Å². The summed E-state index contributed by atoms with van der Waals surface area (Å²) in [5, 5.41) is 11.3. The molecule has 3 aromatic rings. The van der Waals surface area contributed by atoms with E-state index in [4.69, 9.17) is 5.73 Å². The van der Waals surface area contributed by atoms with E-state index in [-0.39, 0.29) is 0 Å². The summed E-state index contributed by atoms with van der Waals surface area (Å²) in [6, 6.07) is 0. The van der Waals surface area contributed by atoms with Crippen LogP contribution >= 0.6 is 46.2 Å². The van der Waals surface area contributed by atoms with Crippen molar-refractivity contribution in [3.8, 4) is 0 Å². The van der Waals surface area contributed by atoms with Crippen molar-refractivity contribution in [3.63, 3.8) is 0 Å². The Labute approximate surface area is 126 Å². The van der Waals surface area contributed by atoms with Gasteiger partial charge >= 0.3 is 0 Å². The molecule has 0 saturated heterocycles. The number of hydrogen-bond acceptors (Lipinski definition) is 8. The number of imidazole rings is 1. The topological polar surface area (TPSA) is 69.1 Å². The van der Waals surface area contributed by atoms with Crippen LogP contribution in [0.25, 0.3) is 4.96 Å². The molecule has 0 unspecified atom stereocenters. The minimum absolute atomic E-state index is 0.614. The van der Waals surface area contributed by atoms with Gasteiger partial charge in [0.05, 0.1) is 5.69 Å². The molecule has 0 atom stereocenters. The molecule has 0 amide bonds. The maximum Gasteiger partial charge on any atom is 0.194 e.